The van der Waals surface area contributed by atoms with Crippen LogP contribution in [0.3, 0.4) is 0 Å². The number of hydrogen-bond acceptors (Lipinski definition) is 2. The molecule has 1 amide bonds. The van der Waals surface area contributed by atoms with E-state index in [2.05, 4.69) is 0 Å². The van der Waals surface area contributed by atoms with Crippen molar-refractivity contribution in [1.29, 1.82) is 0 Å². The molecule has 2 aromatic rings. The van der Waals surface area contributed by atoms with Crippen molar-refractivity contribution in [3.05, 3.63) is 30.0 Å². The van der Waals surface area contributed by atoms with Gasteiger partial charge in [-0.25, -0.2) is 0 Å². The van der Waals surface area contributed by atoms with Crippen molar-refractivity contribution in [2.75, 3.05) is 5.32 Å². The maximum absolute atomic E-state index is 12.1. The van der Waals surface area contributed by atoms with Gasteiger partial charge in [0.25, 0.3) is 0 Å². The molecule has 0 radical (unpaired) electrons. The Kier molecular flexibility index (Phi) is 2.57. The van der Waals surface area contributed by atoms with E-state index in [1.807, 2.05) is 0 Å². The number of alkyl halides is 3. The Morgan fingerprint density at radius 1 is 1.35 bits per heavy atom. The van der Waals surface area contributed by atoms with Gasteiger partial charge in [0.15, 0.2) is 0 Å². The molecule has 0 aliphatic heterocycles. The van der Waals surface area contributed by atoms with E-state index >= 15 is 0 Å². The molecular weight excluding hydrogens is 235 g/mol. The summed E-state index contributed by atoms with van der Waals surface area (Å²) >= 11 is 0. The van der Waals surface area contributed by atoms with Gasteiger partial charge in [0, 0.05) is 11.1 Å². The van der Waals surface area contributed by atoms with Crippen molar-refractivity contribution in [1.82, 2.24) is 0 Å². The molecule has 0 bridgehead atoms. The number of halogens is 3. The molecule has 1 aromatic carbocycles. The highest BCUT2D eigenvalue weighted by atomic mass is 19.4. The van der Waals surface area contributed by atoms with E-state index in [0.29, 0.717) is 16.5 Å². The molecule has 0 aliphatic carbocycles. The molecular formula is C11H8F3NO2. The number of rotatable bonds is 1. The van der Waals surface area contributed by atoms with Crippen LogP contribution in [0.4, 0.5) is 18.9 Å². The van der Waals surface area contributed by atoms with Gasteiger partial charge in [-0.15, -0.1) is 0 Å². The van der Waals surface area contributed by atoms with Crippen molar-refractivity contribution in [3.8, 4) is 0 Å². The zero-order valence-corrected chi connectivity index (χ0v) is 8.76. The number of anilines is 1. The van der Waals surface area contributed by atoms with Crippen LogP contribution in [0.2, 0.25) is 0 Å². The molecule has 0 saturated carbocycles. The fourth-order valence-electron chi connectivity index (χ4n) is 1.54. The molecule has 3 nitrogen and oxygen atoms in total. The summed E-state index contributed by atoms with van der Waals surface area (Å²) in [6.07, 6.45) is -3.45. The Hall–Kier alpha value is -1.98. The standard InChI is InChI=1S/C11H8F3NO2/c1-6-4-8(15-10(16)11(12,13)14)5-7-2-3-17-9(6)7/h2-5H,1H3,(H,15,16). The summed E-state index contributed by atoms with van der Waals surface area (Å²) in [5.74, 6) is -1.99. The fraction of sp³-hybridized carbons (Fsp3) is 0.182. The quantitative estimate of drug-likeness (QED) is 0.835. The second kappa shape index (κ2) is 3.80. The van der Waals surface area contributed by atoms with E-state index in [4.69, 9.17) is 4.42 Å². The molecule has 0 saturated heterocycles. The molecule has 0 unspecified atom stereocenters. The summed E-state index contributed by atoms with van der Waals surface area (Å²) in [6.45, 7) is 1.69. The van der Waals surface area contributed by atoms with Crippen molar-refractivity contribution >= 4 is 22.6 Å². The van der Waals surface area contributed by atoms with Crippen LogP contribution in [0.15, 0.2) is 28.9 Å². The van der Waals surface area contributed by atoms with E-state index in [1.165, 1.54) is 18.4 Å². The van der Waals surface area contributed by atoms with Crippen LogP contribution in [0.25, 0.3) is 11.0 Å². The molecule has 0 spiro atoms. The largest absolute Gasteiger partial charge is 0.471 e. The van der Waals surface area contributed by atoms with Crippen molar-refractivity contribution in [2.45, 2.75) is 13.1 Å². The third kappa shape index (κ3) is 2.25. The van der Waals surface area contributed by atoms with Crippen molar-refractivity contribution < 1.29 is 22.4 Å². The predicted molar refractivity (Wildman–Crippen MR) is 55.6 cm³/mol. The summed E-state index contributed by atoms with van der Waals surface area (Å²) in [4.78, 5) is 10.8. The van der Waals surface area contributed by atoms with Crippen LogP contribution in [0.1, 0.15) is 5.56 Å². The first-order valence-electron chi connectivity index (χ1n) is 4.74. The van der Waals surface area contributed by atoms with Crippen LogP contribution in [-0.4, -0.2) is 12.1 Å². The molecule has 0 fully saturated rings. The normalized spacial score (nSPS) is 11.8. The molecule has 1 heterocycles. The number of amides is 1. The van der Waals surface area contributed by atoms with E-state index < -0.39 is 12.1 Å². The second-order valence-electron chi connectivity index (χ2n) is 3.58. The Bertz CT molecular complexity index is 572. The maximum Gasteiger partial charge on any atom is 0.471 e. The molecule has 1 aromatic heterocycles. The van der Waals surface area contributed by atoms with Gasteiger partial charge < -0.3 is 9.73 Å². The number of benzene rings is 1. The SMILES string of the molecule is Cc1cc(NC(=O)C(F)(F)F)cc2ccoc12. The highest BCUT2D eigenvalue weighted by Crippen LogP contribution is 2.25. The Morgan fingerprint density at radius 2 is 2.06 bits per heavy atom. The smallest absolute Gasteiger partial charge is 0.464 e. The van der Waals surface area contributed by atoms with Gasteiger partial charge in [-0.1, -0.05) is 0 Å². The zero-order chi connectivity index (χ0) is 12.6. The zero-order valence-electron chi connectivity index (χ0n) is 8.76. The summed E-state index contributed by atoms with van der Waals surface area (Å²) < 4.78 is 41.3. The van der Waals surface area contributed by atoms with E-state index in [-0.39, 0.29) is 5.69 Å². The first-order valence-corrected chi connectivity index (χ1v) is 4.74. The highest BCUT2D eigenvalue weighted by molar-refractivity contribution is 5.97. The summed E-state index contributed by atoms with van der Waals surface area (Å²) in [6, 6.07) is 4.47. The molecule has 17 heavy (non-hydrogen) atoms. The average Bonchev–Trinajstić information content (AvgIpc) is 2.64. The maximum atomic E-state index is 12.1. The third-order valence-electron chi connectivity index (χ3n) is 2.25. The van der Waals surface area contributed by atoms with Crippen LogP contribution < -0.4 is 5.32 Å². The Labute approximate surface area is 94.2 Å². The van der Waals surface area contributed by atoms with Crippen LogP contribution in [-0.2, 0) is 4.79 Å². The molecule has 90 valence electrons. The number of carbonyl (C=O) groups is 1. The minimum absolute atomic E-state index is 0.0960. The molecule has 0 atom stereocenters. The predicted octanol–water partition coefficient (Wildman–Crippen LogP) is 3.24. The number of nitrogens with one attached hydrogen (secondary N) is 1. The van der Waals surface area contributed by atoms with Gasteiger partial charge in [-0.3, -0.25) is 4.79 Å². The molecule has 1 N–H and O–H groups in total. The minimum atomic E-state index is -4.89. The molecule has 0 aliphatic rings. The lowest BCUT2D eigenvalue weighted by Gasteiger charge is -2.08. The summed E-state index contributed by atoms with van der Waals surface area (Å²) in [5.41, 5.74) is 1.35. The average molecular weight is 243 g/mol. The highest BCUT2D eigenvalue weighted by Gasteiger charge is 2.38. The number of aryl methyl sites for hydroxylation is 1. The number of carbonyl (C=O) groups excluding carboxylic acids is 1. The number of hydrogen-bond donors (Lipinski definition) is 1. The van der Waals surface area contributed by atoms with Crippen LogP contribution in [0.5, 0.6) is 0 Å². The van der Waals surface area contributed by atoms with Crippen LogP contribution >= 0.6 is 0 Å². The topological polar surface area (TPSA) is 42.2 Å². The lowest BCUT2D eigenvalue weighted by atomic mass is 10.1. The van der Waals surface area contributed by atoms with Gasteiger partial charge in [0.1, 0.15) is 5.58 Å². The summed E-state index contributed by atoms with van der Waals surface area (Å²) in [5, 5.41) is 2.44. The van der Waals surface area contributed by atoms with Gasteiger partial charge in [-0.2, -0.15) is 13.2 Å². The monoisotopic (exact) mass is 243 g/mol. The fourth-order valence-corrected chi connectivity index (χ4v) is 1.54. The molecule has 6 heteroatoms. The lowest BCUT2D eigenvalue weighted by Crippen LogP contribution is -2.29. The first kappa shape index (κ1) is 11.5. The van der Waals surface area contributed by atoms with E-state index in [0.717, 1.165) is 0 Å². The summed E-state index contributed by atoms with van der Waals surface area (Å²) in [7, 11) is 0. The van der Waals surface area contributed by atoms with Gasteiger partial charge in [0.2, 0.25) is 0 Å². The van der Waals surface area contributed by atoms with Crippen LogP contribution in [0, 0.1) is 6.92 Å². The van der Waals surface area contributed by atoms with Gasteiger partial charge in [0.05, 0.1) is 6.26 Å². The van der Waals surface area contributed by atoms with Crippen molar-refractivity contribution in [3.63, 3.8) is 0 Å². The Balaban J connectivity index is 2.34. The minimum Gasteiger partial charge on any atom is -0.464 e. The third-order valence-corrected chi connectivity index (χ3v) is 2.25. The first-order chi connectivity index (χ1) is 7.88. The van der Waals surface area contributed by atoms with E-state index in [9.17, 15) is 18.0 Å². The van der Waals surface area contributed by atoms with Gasteiger partial charge in [-0.05, 0) is 30.7 Å². The number of fused-ring (bicyclic) bond motifs is 1. The lowest BCUT2D eigenvalue weighted by molar-refractivity contribution is -0.167. The van der Waals surface area contributed by atoms with Crippen molar-refractivity contribution in [2.24, 2.45) is 0 Å². The van der Waals surface area contributed by atoms with Gasteiger partial charge >= 0.3 is 12.1 Å². The van der Waals surface area contributed by atoms with E-state index in [1.54, 1.807) is 18.3 Å². The second-order valence-corrected chi connectivity index (χ2v) is 3.58. The number of furan rings is 1. The Morgan fingerprint density at radius 3 is 2.71 bits per heavy atom. The molecule has 2 rings (SSSR count).